The fourth-order valence-corrected chi connectivity index (χ4v) is 4.45. The summed E-state index contributed by atoms with van der Waals surface area (Å²) >= 11 is 0. The lowest BCUT2D eigenvalue weighted by atomic mass is 9.86. The SMILES string of the molecule is CC1CCCCC1NC(=O)CN1CCC(CCc2ccc(O)cc2)CC1. The summed E-state index contributed by atoms with van der Waals surface area (Å²) in [4.78, 5) is 14.7. The molecular weight excluding hydrogens is 324 g/mol. The first kappa shape index (κ1) is 19.2. The number of carbonyl (C=O) groups excluding carboxylic acids is 1. The summed E-state index contributed by atoms with van der Waals surface area (Å²) in [5, 5.41) is 12.6. The van der Waals surface area contributed by atoms with Crippen LogP contribution in [-0.2, 0) is 11.2 Å². The number of piperidine rings is 1. The van der Waals surface area contributed by atoms with Crippen LogP contribution in [0.15, 0.2) is 24.3 Å². The van der Waals surface area contributed by atoms with Crippen LogP contribution in [0, 0.1) is 11.8 Å². The Morgan fingerprint density at radius 3 is 2.50 bits per heavy atom. The predicted octanol–water partition coefficient (Wildman–Crippen LogP) is 3.73. The molecule has 144 valence electrons. The first-order valence-corrected chi connectivity index (χ1v) is 10.4. The van der Waals surface area contributed by atoms with Gasteiger partial charge >= 0.3 is 0 Å². The molecule has 1 aromatic rings. The molecule has 0 bridgehead atoms. The van der Waals surface area contributed by atoms with Crippen molar-refractivity contribution in [3.63, 3.8) is 0 Å². The molecule has 4 nitrogen and oxygen atoms in total. The molecule has 1 saturated heterocycles. The number of phenols is 1. The zero-order valence-corrected chi connectivity index (χ0v) is 16.1. The third-order valence-electron chi connectivity index (χ3n) is 6.31. The van der Waals surface area contributed by atoms with Gasteiger partial charge in [-0.2, -0.15) is 0 Å². The van der Waals surface area contributed by atoms with Crippen LogP contribution >= 0.6 is 0 Å². The third-order valence-corrected chi connectivity index (χ3v) is 6.31. The Labute approximate surface area is 158 Å². The highest BCUT2D eigenvalue weighted by atomic mass is 16.3. The van der Waals surface area contributed by atoms with Crippen molar-refractivity contribution in [3.8, 4) is 5.75 Å². The monoisotopic (exact) mass is 358 g/mol. The fourth-order valence-electron chi connectivity index (χ4n) is 4.45. The van der Waals surface area contributed by atoms with Crippen molar-refractivity contribution in [2.45, 2.75) is 64.3 Å². The number of hydrogen-bond acceptors (Lipinski definition) is 3. The van der Waals surface area contributed by atoms with Gasteiger partial charge in [-0.15, -0.1) is 0 Å². The van der Waals surface area contributed by atoms with Gasteiger partial charge in [0.2, 0.25) is 5.91 Å². The molecule has 0 spiro atoms. The van der Waals surface area contributed by atoms with Crippen LogP contribution in [-0.4, -0.2) is 41.6 Å². The van der Waals surface area contributed by atoms with E-state index < -0.39 is 0 Å². The van der Waals surface area contributed by atoms with E-state index in [-0.39, 0.29) is 5.91 Å². The zero-order chi connectivity index (χ0) is 18.4. The molecule has 2 aliphatic rings. The molecule has 0 radical (unpaired) electrons. The lowest BCUT2D eigenvalue weighted by Gasteiger charge is -2.33. The van der Waals surface area contributed by atoms with Crippen molar-refractivity contribution in [3.05, 3.63) is 29.8 Å². The number of nitrogens with zero attached hydrogens (tertiary/aromatic N) is 1. The van der Waals surface area contributed by atoms with Gasteiger partial charge in [-0.05, 0) is 81.1 Å². The number of aryl methyl sites for hydroxylation is 1. The van der Waals surface area contributed by atoms with E-state index in [1.54, 1.807) is 12.1 Å². The molecule has 1 aromatic carbocycles. The molecule has 3 rings (SSSR count). The number of carbonyl (C=O) groups is 1. The summed E-state index contributed by atoms with van der Waals surface area (Å²) < 4.78 is 0. The van der Waals surface area contributed by atoms with Crippen LogP contribution < -0.4 is 5.32 Å². The average molecular weight is 359 g/mol. The van der Waals surface area contributed by atoms with Crippen LogP contribution in [0.5, 0.6) is 5.75 Å². The van der Waals surface area contributed by atoms with Gasteiger partial charge in [0, 0.05) is 6.04 Å². The molecule has 1 heterocycles. The summed E-state index contributed by atoms with van der Waals surface area (Å²) in [6, 6.07) is 7.95. The number of hydrogen-bond donors (Lipinski definition) is 2. The Balaban J connectivity index is 1.34. The maximum atomic E-state index is 12.4. The Hall–Kier alpha value is -1.55. The standard InChI is InChI=1S/C22H34N2O2/c1-17-4-2-3-5-21(17)23-22(26)16-24-14-12-19(13-15-24)7-6-18-8-10-20(25)11-9-18/h8-11,17,19,21,25H,2-7,12-16H2,1H3,(H,23,26). The average Bonchev–Trinajstić information content (AvgIpc) is 2.64. The Bertz CT molecular complexity index is 564. The summed E-state index contributed by atoms with van der Waals surface area (Å²) in [6.07, 6.45) is 9.60. The molecule has 4 heteroatoms. The van der Waals surface area contributed by atoms with Gasteiger partial charge in [0.05, 0.1) is 6.54 Å². The lowest BCUT2D eigenvalue weighted by Crippen LogP contribution is -2.47. The Kier molecular flexibility index (Phi) is 6.95. The number of nitrogens with one attached hydrogen (secondary N) is 1. The van der Waals surface area contributed by atoms with Crippen LogP contribution in [0.25, 0.3) is 0 Å². The molecule has 1 amide bonds. The second-order valence-corrected chi connectivity index (χ2v) is 8.36. The number of benzene rings is 1. The second-order valence-electron chi connectivity index (χ2n) is 8.36. The molecular formula is C22H34N2O2. The summed E-state index contributed by atoms with van der Waals surface area (Å²) in [7, 11) is 0. The number of phenolic OH excluding ortho intramolecular Hbond substituents is 1. The number of rotatable bonds is 6. The molecule has 2 unspecified atom stereocenters. The van der Waals surface area contributed by atoms with Crippen molar-refractivity contribution < 1.29 is 9.90 Å². The van der Waals surface area contributed by atoms with E-state index in [0.717, 1.165) is 31.8 Å². The van der Waals surface area contributed by atoms with Crippen molar-refractivity contribution in [2.24, 2.45) is 11.8 Å². The summed E-state index contributed by atoms with van der Waals surface area (Å²) in [6.45, 7) is 4.90. The van der Waals surface area contributed by atoms with E-state index in [2.05, 4.69) is 17.1 Å². The number of amides is 1. The highest BCUT2D eigenvalue weighted by Gasteiger charge is 2.25. The fraction of sp³-hybridized carbons (Fsp3) is 0.682. The quantitative estimate of drug-likeness (QED) is 0.815. The molecule has 1 aliphatic carbocycles. The molecule has 2 fully saturated rings. The maximum Gasteiger partial charge on any atom is 0.234 e. The lowest BCUT2D eigenvalue weighted by molar-refractivity contribution is -0.123. The summed E-state index contributed by atoms with van der Waals surface area (Å²) in [5.74, 6) is 1.93. The number of likely N-dealkylation sites (tertiary alicyclic amines) is 1. The smallest absolute Gasteiger partial charge is 0.234 e. The maximum absolute atomic E-state index is 12.4. The molecule has 1 aliphatic heterocycles. The topological polar surface area (TPSA) is 52.6 Å². The van der Waals surface area contributed by atoms with Gasteiger partial charge in [-0.1, -0.05) is 31.9 Å². The minimum absolute atomic E-state index is 0.214. The van der Waals surface area contributed by atoms with Gasteiger partial charge in [-0.3, -0.25) is 9.69 Å². The van der Waals surface area contributed by atoms with Crippen LogP contribution in [0.4, 0.5) is 0 Å². The number of aromatic hydroxyl groups is 1. The first-order valence-electron chi connectivity index (χ1n) is 10.4. The predicted molar refractivity (Wildman–Crippen MR) is 105 cm³/mol. The van der Waals surface area contributed by atoms with Crippen molar-refractivity contribution in [2.75, 3.05) is 19.6 Å². The normalized spacial score (nSPS) is 25.1. The van der Waals surface area contributed by atoms with Gasteiger partial charge < -0.3 is 10.4 Å². The Morgan fingerprint density at radius 1 is 1.12 bits per heavy atom. The summed E-state index contributed by atoms with van der Waals surface area (Å²) in [5.41, 5.74) is 1.30. The molecule has 2 N–H and O–H groups in total. The van der Waals surface area contributed by atoms with Crippen molar-refractivity contribution >= 4 is 5.91 Å². The van der Waals surface area contributed by atoms with Gasteiger partial charge in [0.25, 0.3) is 0 Å². The first-order chi connectivity index (χ1) is 12.6. The molecule has 1 saturated carbocycles. The van der Waals surface area contributed by atoms with E-state index in [9.17, 15) is 9.90 Å². The second kappa shape index (κ2) is 9.40. The Morgan fingerprint density at radius 2 is 1.81 bits per heavy atom. The van der Waals surface area contributed by atoms with Gasteiger partial charge in [0.1, 0.15) is 5.75 Å². The highest BCUT2D eigenvalue weighted by Crippen LogP contribution is 2.25. The van der Waals surface area contributed by atoms with Crippen LogP contribution in [0.1, 0.15) is 57.4 Å². The molecule has 0 aromatic heterocycles. The van der Waals surface area contributed by atoms with Crippen LogP contribution in [0.2, 0.25) is 0 Å². The van der Waals surface area contributed by atoms with E-state index >= 15 is 0 Å². The highest BCUT2D eigenvalue weighted by molar-refractivity contribution is 5.78. The van der Waals surface area contributed by atoms with Gasteiger partial charge in [0.15, 0.2) is 0 Å². The van der Waals surface area contributed by atoms with E-state index in [4.69, 9.17) is 0 Å². The third kappa shape index (κ3) is 5.73. The minimum atomic E-state index is 0.214. The minimum Gasteiger partial charge on any atom is -0.508 e. The van der Waals surface area contributed by atoms with Gasteiger partial charge in [-0.25, -0.2) is 0 Å². The van der Waals surface area contributed by atoms with Crippen molar-refractivity contribution in [1.29, 1.82) is 0 Å². The zero-order valence-electron chi connectivity index (χ0n) is 16.1. The van der Waals surface area contributed by atoms with E-state index in [1.807, 2.05) is 12.1 Å². The van der Waals surface area contributed by atoms with E-state index in [0.29, 0.717) is 24.3 Å². The largest absolute Gasteiger partial charge is 0.508 e. The molecule has 2 atom stereocenters. The van der Waals surface area contributed by atoms with Crippen molar-refractivity contribution in [1.82, 2.24) is 10.2 Å². The van der Waals surface area contributed by atoms with Crippen LogP contribution in [0.3, 0.4) is 0 Å². The molecule has 26 heavy (non-hydrogen) atoms. The van der Waals surface area contributed by atoms with E-state index in [1.165, 1.54) is 44.1 Å².